The van der Waals surface area contributed by atoms with Crippen molar-refractivity contribution < 1.29 is 38.5 Å². The van der Waals surface area contributed by atoms with Crippen LogP contribution in [0.25, 0.3) is 0 Å². The van der Waals surface area contributed by atoms with Gasteiger partial charge < -0.3 is 29.4 Å². The molecule has 0 heterocycles. The molecule has 0 aliphatic rings. The second kappa shape index (κ2) is 13.9. The molecule has 0 rings (SSSR count). The van der Waals surface area contributed by atoms with Crippen LogP contribution in [0.5, 0.6) is 0 Å². The molecule has 13 heavy (non-hydrogen) atoms. The maximum atomic E-state index is 8.88. The molecule has 0 atom stereocenters. The number of rotatable bonds is 0. The van der Waals surface area contributed by atoms with Crippen LogP contribution in [0.2, 0.25) is 0 Å². The predicted octanol–water partition coefficient (Wildman–Crippen LogP) is -3.80. The van der Waals surface area contributed by atoms with Gasteiger partial charge in [0.1, 0.15) is 0 Å². The van der Waals surface area contributed by atoms with Crippen molar-refractivity contribution >= 4 is 126 Å². The van der Waals surface area contributed by atoms with Gasteiger partial charge in [0.2, 0.25) is 0 Å². The van der Waals surface area contributed by atoms with Crippen LogP contribution >= 0.6 is 15.6 Å². The van der Waals surface area contributed by atoms with Crippen LogP contribution in [-0.2, 0) is 9.13 Å². The fourth-order valence-corrected chi connectivity index (χ4v) is 0. The van der Waals surface area contributed by atoms with Crippen molar-refractivity contribution in [2.75, 3.05) is 0 Å². The molecular weight excluding hydrogens is 275 g/mol. The van der Waals surface area contributed by atoms with E-state index >= 15 is 0 Å². The van der Waals surface area contributed by atoms with Gasteiger partial charge in [-0.1, -0.05) is 0 Å². The summed E-state index contributed by atoms with van der Waals surface area (Å²) < 4.78 is 17.8. The molecule has 13 heteroatoms. The average Bonchev–Trinajstić information content (AvgIpc) is 1.12. The van der Waals surface area contributed by atoms with Gasteiger partial charge in [-0.15, -0.1) is 0 Å². The Morgan fingerprint density at radius 2 is 0.615 bits per heavy atom. The number of phosphoric acid groups is 2. The molecule has 0 saturated heterocycles. The molecule has 0 aliphatic heterocycles. The van der Waals surface area contributed by atoms with E-state index in [4.69, 9.17) is 38.5 Å². The maximum absolute atomic E-state index is 8.88. The Kier molecular flexibility index (Phi) is 32.3. The minimum atomic E-state index is -4.64. The number of hydrogen-bond donors (Lipinski definition) is 6. The first-order valence-electron chi connectivity index (χ1n) is 1.57. The molecule has 0 radical (unpaired) electrons. The minimum absolute atomic E-state index is 0. The van der Waals surface area contributed by atoms with Gasteiger partial charge in [0.15, 0.2) is 0 Å². The van der Waals surface area contributed by atoms with E-state index in [0.717, 1.165) is 0 Å². The standard InChI is InChI=1S/K.2Na.2H3O4P.3H/c;;;2*1-5(2,3)4;;;/h;;;2*(H3,1,2,3,4);;;. The SMILES string of the molecule is O=P(O)(O)O.O=P(O)(O)O.[KH].[NaH].[NaH]. The fraction of sp³-hybridized carbons (Fsp3) is 0. The summed E-state index contributed by atoms with van der Waals surface area (Å²) in [7, 11) is -9.28. The first-order chi connectivity index (χ1) is 4.00. The molecule has 6 N–H and O–H groups in total. The molecule has 0 aromatic heterocycles. The van der Waals surface area contributed by atoms with Crippen LogP contribution in [-0.4, -0.2) is 140 Å². The Balaban J connectivity index is -0.0000000267. The summed E-state index contributed by atoms with van der Waals surface area (Å²) in [5.74, 6) is 0. The van der Waals surface area contributed by atoms with Crippen molar-refractivity contribution in [1.82, 2.24) is 0 Å². The Morgan fingerprint density at radius 1 is 0.615 bits per heavy atom. The third kappa shape index (κ3) is 205. The van der Waals surface area contributed by atoms with Crippen LogP contribution in [0.15, 0.2) is 0 Å². The first-order valence-corrected chi connectivity index (χ1v) is 4.70. The molecule has 0 saturated carbocycles. The molecule has 0 fully saturated rings. The van der Waals surface area contributed by atoms with Gasteiger partial charge in [-0.3, -0.25) is 0 Å². The molecular formula is H9KNa2O8P2. The van der Waals surface area contributed by atoms with Gasteiger partial charge in [-0.2, -0.15) is 0 Å². The molecule has 8 nitrogen and oxygen atoms in total. The fourth-order valence-electron chi connectivity index (χ4n) is 0. The molecule has 70 valence electrons. The van der Waals surface area contributed by atoms with Crippen LogP contribution in [0.3, 0.4) is 0 Å². The van der Waals surface area contributed by atoms with E-state index in [-0.39, 0.29) is 110 Å². The van der Waals surface area contributed by atoms with Crippen molar-refractivity contribution in [2.24, 2.45) is 0 Å². The van der Waals surface area contributed by atoms with Gasteiger partial charge in [-0.05, 0) is 0 Å². The van der Waals surface area contributed by atoms with Crippen LogP contribution in [0.1, 0.15) is 0 Å². The summed E-state index contributed by atoms with van der Waals surface area (Å²) in [5.41, 5.74) is 0. The van der Waals surface area contributed by atoms with E-state index in [9.17, 15) is 0 Å². The third-order valence-corrected chi connectivity index (χ3v) is 0. The van der Waals surface area contributed by atoms with Crippen molar-refractivity contribution in [2.45, 2.75) is 0 Å². The van der Waals surface area contributed by atoms with E-state index in [2.05, 4.69) is 0 Å². The Bertz CT molecular complexity index is 132. The van der Waals surface area contributed by atoms with Crippen LogP contribution in [0, 0.1) is 0 Å². The second-order valence-electron chi connectivity index (χ2n) is 1.03. The van der Waals surface area contributed by atoms with E-state index in [1.807, 2.05) is 0 Å². The van der Waals surface area contributed by atoms with Crippen LogP contribution in [0.4, 0.5) is 0 Å². The zero-order valence-corrected chi connectivity index (χ0v) is 6.18. The Morgan fingerprint density at radius 3 is 0.615 bits per heavy atom. The van der Waals surface area contributed by atoms with Gasteiger partial charge in [0.05, 0.1) is 0 Å². The number of hydrogen-bond acceptors (Lipinski definition) is 2. The molecule has 0 aromatic rings. The summed E-state index contributed by atoms with van der Waals surface area (Å²) in [6, 6.07) is 0. The van der Waals surface area contributed by atoms with E-state index < -0.39 is 15.6 Å². The molecule has 0 spiro atoms. The summed E-state index contributed by atoms with van der Waals surface area (Å²) in [6.45, 7) is 0. The molecule has 0 bridgehead atoms. The predicted molar refractivity (Wildman–Crippen MR) is 50.0 cm³/mol. The van der Waals surface area contributed by atoms with E-state index in [1.165, 1.54) is 0 Å². The summed E-state index contributed by atoms with van der Waals surface area (Å²) >= 11 is 0. The molecule has 0 amide bonds. The van der Waals surface area contributed by atoms with Gasteiger partial charge in [0, 0.05) is 0 Å². The Hall–Kier alpha value is 3.86. The molecule has 0 aromatic carbocycles. The first kappa shape index (κ1) is 30.1. The van der Waals surface area contributed by atoms with Crippen molar-refractivity contribution in [3.8, 4) is 0 Å². The zero-order valence-electron chi connectivity index (χ0n) is 4.39. The second-order valence-corrected chi connectivity index (χ2v) is 3.08. The van der Waals surface area contributed by atoms with E-state index in [0.29, 0.717) is 0 Å². The van der Waals surface area contributed by atoms with Crippen molar-refractivity contribution in [3.63, 3.8) is 0 Å². The Labute approximate surface area is 161 Å². The molecule has 0 aliphatic carbocycles. The summed E-state index contributed by atoms with van der Waals surface area (Å²) in [4.78, 5) is 43.1. The summed E-state index contributed by atoms with van der Waals surface area (Å²) in [6.07, 6.45) is 0. The van der Waals surface area contributed by atoms with Gasteiger partial charge in [0.25, 0.3) is 0 Å². The topological polar surface area (TPSA) is 156 Å². The van der Waals surface area contributed by atoms with Crippen LogP contribution < -0.4 is 0 Å². The monoisotopic (exact) mass is 284 g/mol. The zero-order chi connectivity index (χ0) is 9.00. The quantitative estimate of drug-likeness (QED) is 0.195. The van der Waals surface area contributed by atoms with Crippen molar-refractivity contribution in [3.05, 3.63) is 0 Å². The van der Waals surface area contributed by atoms with Gasteiger partial charge in [-0.25, -0.2) is 9.13 Å². The van der Waals surface area contributed by atoms with E-state index in [1.54, 1.807) is 0 Å². The van der Waals surface area contributed by atoms with Gasteiger partial charge >= 0.3 is 126 Å². The third-order valence-electron chi connectivity index (χ3n) is 0. The average molecular weight is 284 g/mol. The van der Waals surface area contributed by atoms with Crippen molar-refractivity contribution in [1.29, 1.82) is 0 Å². The molecule has 0 unspecified atom stereocenters. The summed E-state index contributed by atoms with van der Waals surface area (Å²) in [5, 5.41) is 0. The normalized spacial score (nSPS) is 9.08.